The van der Waals surface area contributed by atoms with Crippen molar-refractivity contribution in [3.05, 3.63) is 0 Å². The average molecular weight is 240 g/mol. The minimum absolute atomic E-state index is 0.232. The predicted octanol–water partition coefficient (Wildman–Crippen LogP) is 4.17. The molecule has 0 saturated heterocycles. The van der Waals surface area contributed by atoms with Crippen LogP contribution in [0.1, 0.15) is 73.6 Å². The van der Waals surface area contributed by atoms with Crippen LogP contribution in [0.15, 0.2) is 0 Å². The van der Waals surface area contributed by atoms with Crippen molar-refractivity contribution in [2.75, 3.05) is 0 Å². The van der Waals surface area contributed by atoms with E-state index in [1.165, 1.54) is 0 Å². The van der Waals surface area contributed by atoms with Crippen LogP contribution in [0.4, 0.5) is 0 Å². The Kier molecular flexibility index (Phi) is 6.08. The summed E-state index contributed by atoms with van der Waals surface area (Å²) in [5.74, 6) is 0.463. The number of carbonyl (C=O) groups excluding carboxylic acids is 2. The van der Waals surface area contributed by atoms with E-state index in [4.69, 9.17) is 0 Å². The molecule has 17 heavy (non-hydrogen) atoms. The molecule has 0 bridgehead atoms. The van der Waals surface area contributed by atoms with Crippen LogP contribution in [0, 0.1) is 10.8 Å². The second kappa shape index (κ2) is 6.32. The highest BCUT2D eigenvalue weighted by Gasteiger charge is 2.42. The van der Waals surface area contributed by atoms with Gasteiger partial charge in [-0.2, -0.15) is 0 Å². The molecule has 0 aliphatic carbocycles. The third kappa shape index (κ3) is 3.17. The third-order valence-electron chi connectivity index (χ3n) is 4.88. The van der Waals surface area contributed by atoms with Gasteiger partial charge in [0, 0.05) is 10.8 Å². The molecule has 100 valence electrons. The zero-order chi connectivity index (χ0) is 13.7. The molecule has 0 rings (SSSR count). The van der Waals surface area contributed by atoms with Crippen LogP contribution in [0.2, 0.25) is 0 Å². The Hall–Kier alpha value is -0.660. The molecule has 0 aliphatic rings. The zero-order valence-electron chi connectivity index (χ0n) is 12.4. The van der Waals surface area contributed by atoms with Crippen molar-refractivity contribution in [3.8, 4) is 0 Å². The van der Waals surface area contributed by atoms with E-state index < -0.39 is 0 Å². The van der Waals surface area contributed by atoms with Gasteiger partial charge < -0.3 is 0 Å². The van der Waals surface area contributed by atoms with Gasteiger partial charge in [0.05, 0.1) is 0 Å². The van der Waals surface area contributed by atoms with Crippen molar-refractivity contribution in [1.29, 1.82) is 0 Å². The van der Waals surface area contributed by atoms with Gasteiger partial charge in [0.1, 0.15) is 11.6 Å². The first kappa shape index (κ1) is 16.3. The van der Waals surface area contributed by atoms with Crippen LogP contribution < -0.4 is 0 Å². The lowest BCUT2D eigenvalue weighted by Crippen LogP contribution is -2.39. The first-order chi connectivity index (χ1) is 7.84. The Labute approximate surface area is 106 Å². The summed E-state index contributed by atoms with van der Waals surface area (Å²) < 4.78 is 0. The van der Waals surface area contributed by atoms with E-state index in [0.29, 0.717) is 6.42 Å². The molecule has 0 aromatic carbocycles. The van der Waals surface area contributed by atoms with Gasteiger partial charge in [0.25, 0.3) is 0 Å². The Morgan fingerprint density at radius 1 is 0.706 bits per heavy atom. The van der Waals surface area contributed by atoms with Crippen LogP contribution in [-0.4, -0.2) is 11.6 Å². The summed E-state index contributed by atoms with van der Waals surface area (Å²) in [6.45, 7) is 11.6. The van der Waals surface area contributed by atoms with Gasteiger partial charge in [-0.05, 0) is 46.0 Å². The fourth-order valence-corrected chi connectivity index (χ4v) is 2.89. The van der Waals surface area contributed by atoms with Crippen molar-refractivity contribution in [1.82, 2.24) is 0 Å². The van der Waals surface area contributed by atoms with Crippen LogP contribution in [0.5, 0.6) is 0 Å². The molecule has 0 saturated carbocycles. The molecule has 0 amide bonds. The molecule has 0 atom stereocenters. The van der Waals surface area contributed by atoms with E-state index >= 15 is 0 Å². The van der Waals surface area contributed by atoms with E-state index in [0.717, 1.165) is 25.7 Å². The summed E-state index contributed by atoms with van der Waals surface area (Å²) in [4.78, 5) is 23.9. The SMILES string of the molecule is CCC(CC)(CC(CC)(CC)C(C)=O)C(C)=O. The fourth-order valence-electron chi connectivity index (χ4n) is 2.89. The first-order valence-electron chi connectivity index (χ1n) is 6.86. The standard InChI is InChI=1S/C15H28O2/c1-7-14(8-2,12(5)16)11-15(9-3,10-4)13(6)17/h7-11H2,1-6H3. The molecule has 0 N–H and O–H groups in total. The lowest BCUT2D eigenvalue weighted by atomic mass is 9.63. The average Bonchev–Trinajstić information content (AvgIpc) is 2.31. The molecular formula is C15H28O2. The molecule has 0 aromatic rings. The summed E-state index contributed by atoms with van der Waals surface area (Å²) >= 11 is 0. The summed E-state index contributed by atoms with van der Waals surface area (Å²) in [5, 5.41) is 0. The van der Waals surface area contributed by atoms with Crippen LogP contribution in [0.3, 0.4) is 0 Å². The lowest BCUT2D eigenvalue weighted by Gasteiger charge is -2.39. The van der Waals surface area contributed by atoms with E-state index in [1.54, 1.807) is 13.8 Å². The highest BCUT2D eigenvalue weighted by atomic mass is 16.1. The number of hydrogen-bond acceptors (Lipinski definition) is 2. The molecule has 0 spiro atoms. The summed E-state index contributed by atoms with van der Waals surface area (Å²) in [6, 6.07) is 0. The Bertz CT molecular complexity index is 243. The maximum absolute atomic E-state index is 11.9. The van der Waals surface area contributed by atoms with E-state index in [9.17, 15) is 9.59 Å². The van der Waals surface area contributed by atoms with Crippen LogP contribution >= 0.6 is 0 Å². The maximum atomic E-state index is 11.9. The quantitative estimate of drug-likeness (QED) is 0.638. The summed E-state index contributed by atoms with van der Waals surface area (Å²) in [5.41, 5.74) is -0.616. The molecule has 2 heteroatoms. The van der Waals surface area contributed by atoms with Gasteiger partial charge >= 0.3 is 0 Å². The molecular weight excluding hydrogens is 212 g/mol. The summed E-state index contributed by atoms with van der Waals surface area (Å²) in [7, 11) is 0. The number of carbonyl (C=O) groups is 2. The van der Waals surface area contributed by atoms with Gasteiger partial charge in [-0.15, -0.1) is 0 Å². The number of hydrogen-bond donors (Lipinski definition) is 0. The van der Waals surface area contributed by atoms with Gasteiger partial charge in [-0.3, -0.25) is 9.59 Å². The van der Waals surface area contributed by atoms with Crippen molar-refractivity contribution in [3.63, 3.8) is 0 Å². The second-order valence-corrected chi connectivity index (χ2v) is 5.26. The number of ketones is 2. The van der Waals surface area contributed by atoms with Crippen molar-refractivity contribution < 1.29 is 9.59 Å². The van der Waals surface area contributed by atoms with Gasteiger partial charge in [-0.25, -0.2) is 0 Å². The maximum Gasteiger partial charge on any atom is 0.135 e. The molecule has 0 heterocycles. The first-order valence-corrected chi connectivity index (χ1v) is 6.86. The Balaban J connectivity index is 5.33. The monoisotopic (exact) mass is 240 g/mol. The zero-order valence-corrected chi connectivity index (χ0v) is 12.4. The second-order valence-electron chi connectivity index (χ2n) is 5.26. The Morgan fingerprint density at radius 3 is 1.06 bits per heavy atom. The number of Topliss-reactive ketones (excluding diaryl/α,β-unsaturated/α-hetero) is 2. The normalized spacial score (nSPS) is 12.6. The van der Waals surface area contributed by atoms with E-state index in [2.05, 4.69) is 27.7 Å². The largest absolute Gasteiger partial charge is 0.299 e. The smallest absolute Gasteiger partial charge is 0.135 e. The molecule has 2 nitrogen and oxygen atoms in total. The fraction of sp³-hybridized carbons (Fsp3) is 0.867. The molecule has 0 aromatic heterocycles. The van der Waals surface area contributed by atoms with Gasteiger partial charge in [0.15, 0.2) is 0 Å². The lowest BCUT2D eigenvalue weighted by molar-refractivity contribution is -0.135. The van der Waals surface area contributed by atoms with Crippen LogP contribution in [-0.2, 0) is 9.59 Å². The van der Waals surface area contributed by atoms with Crippen molar-refractivity contribution >= 4 is 11.6 Å². The van der Waals surface area contributed by atoms with Crippen LogP contribution in [0.25, 0.3) is 0 Å². The highest BCUT2D eigenvalue weighted by molar-refractivity contribution is 5.86. The summed E-state index contributed by atoms with van der Waals surface area (Å²) in [6.07, 6.45) is 4.02. The van der Waals surface area contributed by atoms with Gasteiger partial charge in [0.2, 0.25) is 0 Å². The predicted molar refractivity (Wildman–Crippen MR) is 72.0 cm³/mol. The Morgan fingerprint density at radius 2 is 0.941 bits per heavy atom. The minimum Gasteiger partial charge on any atom is -0.299 e. The van der Waals surface area contributed by atoms with Crippen molar-refractivity contribution in [2.24, 2.45) is 10.8 Å². The molecule has 0 radical (unpaired) electrons. The molecule has 0 aliphatic heterocycles. The molecule has 0 unspecified atom stereocenters. The minimum atomic E-state index is -0.308. The van der Waals surface area contributed by atoms with E-state index in [-0.39, 0.29) is 22.4 Å². The number of rotatable bonds is 8. The van der Waals surface area contributed by atoms with Crippen molar-refractivity contribution in [2.45, 2.75) is 73.6 Å². The third-order valence-corrected chi connectivity index (χ3v) is 4.88. The van der Waals surface area contributed by atoms with Gasteiger partial charge in [-0.1, -0.05) is 27.7 Å². The topological polar surface area (TPSA) is 34.1 Å². The van der Waals surface area contributed by atoms with E-state index in [1.807, 2.05) is 0 Å². The highest BCUT2D eigenvalue weighted by Crippen LogP contribution is 2.44. The molecule has 0 fully saturated rings.